The maximum atomic E-state index is 12.4. The number of aryl methyl sites for hydroxylation is 2. The minimum Gasteiger partial charge on any atom is -0.311 e. The predicted molar refractivity (Wildman–Crippen MR) is 94.8 cm³/mol. The Bertz CT molecular complexity index is 774. The molecule has 23 heavy (non-hydrogen) atoms. The molecular formula is C16H16BrN3O2S. The molecule has 0 aliphatic carbocycles. The summed E-state index contributed by atoms with van der Waals surface area (Å²) >= 11 is 4.85. The van der Waals surface area contributed by atoms with Crippen LogP contribution in [0.1, 0.15) is 16.9 Å². The molecule has 0 bridgehead atoms. The topological polar surface area (TPSA) is 62.3 Å². The van der Waals surface area contributed by atoms with Gasteiger partial charge in [0, 0.05) is 34.2 Å². The first-order valence-electron chi connectivity index (χ1n) is 7.24. The van der Waals surface area contributed by atoms with Gasteiger partial charge in [0.25, 0.3) is 0 Å². The van der Waals surface area contributed by atoms with Crippen molar-refractivity contribution in [1.29, 1.82) is 0 Å². The first-order valence-corrected chi connectivity index (χ1v) is 8.85. The van der Waals surface area contributed by atoms with Gasteiger partial charge in [-0.3, -0.25) is 9.59 Å². The first kappa shape index (κ1) is 16.1. The predicted octanol–water partition coefficient (Wildman–Crippen LogP) is 3.51. The summed E-state index contributed by atoms with van der Waals surface area (Å²) in [5, 5.41) is 3.38. The van der Waals surface area contributed by atoms with Gasteiger partial charge in [0.1, 0.15) is 0 Å². The number of amides is 2. The highest BCUT2D eigenvalue weighted by atomic mass is 79.9. The van der Waals surface area contributed by atoms with Gasteiger partial charge in [-0.2, -0.15) is 0 Å². The summed E-state index contributed by atoms with van der Waals surface area (Å²) in [6.07, 6.45) is 1.95. The van der Waals surface area contributed by atoms with Crippen molar-refractivity contribution < 1.29 is 9.59 Å². The summed E-state index contributed by atoms with van der Waals surface area (Å²) in [4.78, 5) is 31.5. The van der Waals surface area contributed by atoms with Gasteiger partial charge in [0.05, 0.1) is 5.92 Å². The van der Waals surface area contributed by atoms with Crippen molar-refractivity contribution in [3.05, 3.63) is 39.3 Å². The number of rotatable bonds is 3. The Morgan fingerprint density at radius 3 is 2.87 bits per heavy atom. The molecule has 1 fully saturated rings. The van der Waals surface area contributed by atoms with Gasteiger partial charge in [-0.25, -0.2) is 4.98 Å². The number of carbonyl (C=O) groups excluding carboxylic acids is 2. The molecule has 5 nitrogen and oxygen atoms in total. The quantitative estimate of drug-likeness (QED) is 0.867. The monoisotopic (exact) mass is 393 g/mol. The number of halogens is 1. The zero-order chi connectivity index (χ0) is 16.6. The second-order valence-electron chi connectivity index (χ2n) is 5.60. The minimum absolute atomic E-state index is 0.0223. The summed E-state index contributed by atoms with van der Waals surface area (Å²) in [6, 6.07) is 5.78. The highest BCUT2D eigenvalue weighted by Gasteiger charge is 2.35. The molecule has 2 heterocycles. The first-order chi connectivity index (χ1) is 10.9. The van der Waals surface area contributed by atoms with Crippen molar-refractivity contribution in [2.45, 2.75) is 20.3 Å². The van der Waals surface area contributed by atoms with Gasteiger partial charge in [-0.1, -0.05) is 15.9 Å². The van der Waals surface area contributed by atoms with E-state index in [1.165, 1.54) is 11.3 Å². The van der Waals surface area contributed by atoms with E-state index >= 15 is 0 Å². The number of hydrogen-bond acceptors (Lipinski definition) is 4. The Morgan fingerprint density at radius 1 is 1.43 bits per heavy atom. The van der Waals surface area contributed by atoms with Crippen LogP contribution in [0, 0.1) is 19.8 Å². The van der Waals surface area contributed by atoms with E-state index in [-0.39, 0.29) is 24.2 Å². The molecule has 2 aromatic rings. The molecule has 0 saturated carbocycles. The number of nitrogens with zero attached hydrogens (tertiary/aromatic N) is 2. The summed E-state index contributed by atoms with van der Waals surface area (Å²) in [5.74, 6) is -0.523. The number of nitrogens with one attached hydrogen (secondary N) is 1. The molecule has 1 saturated heterocycles. The van der Waals surface area contributed by atoms with Crippen LogP contribution in [0.5, 0.6) is 0 Å². The van der Waals surface area contributed by atoms with Gasteiger partial charge in [-0.05, 0) is 37.6 Å². The molecule has 1 aromatic heterocycles. The van der Waals surface area contributed by atoms with Gasteiger partial charge in [0.2, 0.25) is 11.8 Å². The molecule has 1 aromatic carbocycles. The fraction of sp³-hybridized carbons (Fsp3) is 0.312. The molecule has 1 N–H and O–H groups in total. The molecular weight excluding hydrogens is 378 g/mol. The average molecular weight is 394 g/mol. The molecule has 1 aliphatic heterocycles. The summed E-state index contributed by atoms with van der Waals surface area (Å²) in [6.45, 7) is 4.29. The molecule has 0 spiro atoms. The molecule has 1 aliphatic rings. The molecule has 7 heteroatoms. The van der Waals surface area contributed by atoms with Crippen molar-refractivity contribution in [1.82, 2.24) is 4.98 Å². The summed E-state index contributed by atoms with van der Waals surface area (Å²) in [5.41, 5.74) is 1.86. The van der Waals surface area contributed by atoms with Crippen LogP contribution < -0.4 is 10.2 Å². The maximum Gasteiger partial charge on any atom is 0.231 e. The Kier molecular flexibility index (Phi) is 4.50. The van der Waals surface area contributed by atoms with Crippen LogP contribution >= 0.6 is 27.3 Å². The normalized spacial score (nSPS) is 17.6. The summed E-state index contributed by atoms with van der Waals surface area (Å²) in [7, 11) is 0. The van der Waals surface area contributed by atoms with Crippen LogP contribution in [0.3, 0.4) is 0 Å². The van der Waals surface area contributed by atoms with Crippen LogP contribution in [0.15, 0.2) is 28.9 Å². The van der Waals surface area contributed by atoms with Crippen LogP contribution in [0.4, 0.5) is 10.8 Å². The lowest BCUT2D eigenvalue weighted by molar-refractivity contribution is -0.122. The van der Waals surface area contributed by atoms with Gasteiger partial charge < -0.3 is 10.2 Å². The Morgan fingerprint density at radius 2 is 2.22 bits per heavy atom. The van der Waals surface area contributed by atoms with E-state index < -0.39 is 0 Å². The standard InChI is InChI=1S/C16H16BrN3O2S/c1-9-5-12(17)3-4-13(9)20-8-11(6-14(20)21)15(22)19-16-18-7-10(2)23-16/h3-5,7,11H,6,8H2,1-2H3,(H,18,19,22)/t11-/m0/s1. The van der Waals surface area contributed by atoms with Crippen molar-refractivity contribution in [2.75, 3.05) is 16.8 Å². The van der Waals surface area contributed by atoms with Crippen molar-refractivity contribution in [2.24, 2.45) is 5.92 Å². The van der Waals surface area contributed by atoms with E-state index in [9.17, 15) is 9.59 Å². The molecule has 2 amide bonds. The number of hydrogen-bond donors (Lipinski definition) is 1. The van der Waals surface area contributed by atoms with Crippen LogP contribution in [-0.2, 0) is 9.59 Å². The highest BCUT2D eigenvalue weighted by molar-refractivity contribution is 9.10. The smallest absolute Gasteiger partial charge is 0.231 e. The Balaban J connectivity index is 1.73. The van der Waals surface area contributed by atoms with Crippen LogP contribution in [-0.4, -0.2) is 23.3 Å². The van der Waals surface area contributed by atoms with Crippen LogP contribution in [0.25, 0.3) is 0 Å². The zero-order valence-corrected chi connectivity index (χ0v) is 15.2. The highest BCUT2D eigenvalue weighted by Crippen LogP contribution is 2.30. The van der Waals surface area contributed by atoms with E-state index in [0.717, 1.165) is 20.6 Å². The van der Waals surface area contributed by atoms with E-state index in [4.69, 9.17) is 0 Å². The molecule has 120 valence electrons. The number of aromatic nitrogens is 1. The lowest BCUT2D eigenvalue weighted by Gasteiger charge is -2.19. The fourth-order valence-corrected chi connectivity index (χ4v) is 3.80. The third kappa shape index (κ3) is 3.45. The van der Waals surface area contributed by atoms with Gasteiger partial charge in [0.15, 0.2) is 5.13 Å². The number of benzene rings is 1. The second-order valence-corrected chi connectivity index (χ2v) is 7.75. The van der Waals surface area contributed by atoms with Crippen LogP contribution in [0.2, 0.25) is 0 Å². The lowest BCUT2D eigenvalue weighted by atomic mass is 10.1. The molecule has 0 unspecified atom stereocenters. The third-order valence-corrected chi connectivity index (χ3v) is 5.12. The number of carbonyl (C=O) groups is 2. The SMILES string of the molecule is Cc1cnc(NC(=O)[C@H]2CC(=O)N(c3ccc(Br)cc3C)C2)s1. The molecule has 3 rings (SSSR count). The third-order valence-electron chi connectivity index (χ3n) is 3.80. The molecule has 0 radical (unpaired) electrons. The number of thiazole rings is 1. The fourth-order valence-electron chi connectivity index (χ4n) is 2.66. The van der Waals surface area contributed by atoms with Crippen molar-refractivity contribution in [3.63, 3.8) is 0 Å². The average Bonchev–Trinajstić information content (AvgIpc) is 3.05. The lowest BCUT2D eigenvalue weighted by Crippen LogP contribution is -2.28. The number of anilines is 2. The van der Waals surface area contributed by atoms with E-state index in [0.29, 0.717) is 11.7 Å². The molecule has 1 atom stereocenters. The Hall–Kier alpha value is -1.73. The summed E-state index contributed by atoms with van der Waals surface area (Å²) < 4.78 is 0.971. The van der Waals surface area contributed by atoms with Crippen molar-refractivity contribution in [3.8, 4) is 0 Å². The maximum absolute atomic E-state index is 12.4. The van der Waals surface area contributed by atoms with E-state index in [2.05, 4.69) is 26.2 Å². The van der Waals surface area contributed by atoms with E-state index in [1.807, 2.05) is 32.0 Å². The largest absolute Gasteiger partial charge is 0.311 e. The zero-order valence-electron chi connectivity index (χ0n) is 12.8. The second kappa shape index (κ2) is 6.41. The van der Waals surface area contributed by atoms with E-state index in [1.54, 1.807) is 11.1 Å². The van der Waals surface area contributed by atoms with Gasteiger partial charge in [-0.15, -0.1) is 11.3 Å². The minimum atomic E-state index is -0.352. The Labute approximate surface area is 146 Å². The van der Waals surface area contributed by atoms with Crippen molar-refractivity contribution >= 4 is 49.9 Å². The van der Waals surface area contributed by atoms with Gasteiger partial charge >= 0.3 is 0 Å².